The maximum Gasteiger partial charge on any atom is 0.254 e. The molecule has 18 heavy (non-hydrogen) atoms. The smallest absolute Gasteiger partial charge is 0.254 e. The summed E-state index contributed by atoms with van der Waals surface area (Å²) >= 11 is 0. The highest BCUT2D eigenvalue weighted by Crippen LogP contribution is 2.26. The van der Waals surface area contributed by atoms with Gasteiger partial charge in [0.05, 0.1) is 0 Å². The van der Waals surface area contributed by atoms with Gasteiger partial charge in [0.15, 0.2) is 0 Å². The van der Waals surface area contributed by atoms with Gasteiger partial charge in [-0.15, -0.1) is 0 Å². The van der Waals surface area contributed by atoms with Crippen molar-refractivity contribution in [1.29, 1.82) is 0 Å². The molecule has 0 aliphatic carbocycles. The van der Waals surface area contributed by atoms with Gasteiger partial charge in [-0.2, -0.15) is 0 Å². The number of carbonyl (C=O) groups is 1. The van der Waals surface area contributed by atoms with Gasteiger partial charge >= 0.3 is 0 Å². The average Bonchev–Trinajstić information content (AvgIpc) is 2.92. The first-order chi connectivity index (χ1) is 8.65. The van der Waals surface area contributed by atoms with E-state index in [4.69, 9.17) is 0 Å². The van der Waals surface area contributed by atoms with Crippen molar-refractivity contribution >= 4 is 5.91 Å². The normalized spacial score (nSPS) is 26.4. The Labute approximate surface area is 107 Å². The molecule has 0 bridgehead atoms. The van der Waals surface area contributed by atoms with E-state index >= 15 is 0 Å². The summed E-state index contributed by atoms with van der Waals surface area (Å²) in [6.07, 6.45) is 1.16. The van der Waals surface area contributed by atoms with Crippen LogP contribution in [0.3, 0.4) is 0 Å². The van der Waals surface area contributed by atoms with Crippen LogP contribution in [-0.2, 0) is 0 Å². The number of hydrogen-bond acceptors (Lipinski definition) is 3. The lowest BCUT2D eigenvalue weighted by Crippen LogP contribution is -2.33. The van der Waals surface area contributed by atoms with E-state index in [9.17, 15) is 9.90 Å². The third kappa shape index (κ3) is 1.86. The number of nitrogens with zero attached hydrogens (tertiary/aromatic N) is 1. The molecular formula is C14H18N2O2. The Kier molecular flexibility index (Phi) is 2.74. The van der Waals surface area contributed by atoms with Crippen LogP contribution in [0.15, 0.2) is 18.2 Å². The third-order valence-corrected chi connectivity index (χ3v) is 4.11. The van der Waals surface area contributed by atoms with Gasteiger partial charge in [-0.25, -0.2) is 0 Å². The summed E-state index contributed by atoms with van der Waals surface area (Å²) in [5, 5.41) is 13.1. The number of fused-ring (bicyclic) bond motifs is 1. The van der Waals surface area contributed by atoms with Crippen LogP contribution in [0.5, 0.6) is 5.75 Å². The number of aromatic hydroxyl groups is 1. The van der Waals surface area contributed by atoms with Crippen LogP contribution in [0.4, 0.5) is 0 Å². The molecule has 3 rings (SSSR count). The summed E-state index contributed by atoms with van der Waals surface area (Å²) in [5.74, 6) is 0.827. The maximum atomic E-state index is 12.3. The second-order valence-corrected chi connectivity index (χ2v) is 5.32. The molecule has 4 nitrogen and oxygen atoms in total. The molecule has 96 valence electrons. The quantitative estimate of drug-likeness (QED) is 0.781. The molecule has 4 heteroatoms. The van der Waals surface area contributed by atoms with Crippen molar-refractivity contribution in [2.75, 3.05) is 19.6 Å². The minimum absolute atomic E-state index is 0.0292. The summed E-state index contributed by atoms with van der Waals surface area (Å²) in [5.41, 5.74) is 1.38. The Morgan fingerprint density at radius 2 is 2.28 bits per heavy atom. The second-order valence-electron chi connectivity index (χ2n) is 5.32. The van der Waals surface area contributed by atoms with Gasteiger partial charge < -0.3 is 15.3 Å². The zero-order chi connectivity index (χ0) is 12.7. The summed E-state index contributed by atoms with van der Waals surface area (Å²) in [6, 6.07) is 5.61. The number of phenols is 1. The molecule has 0 unspecified atom stereocenters. The zero-order valence-electron chi connectivity index (χ0n) is 10.5. The Balaban J connectivity index is 1.77. The first-order valence-electron chi connectivity index (χ1n) is 6.47. The molecule has 2 fully saturated rings. The fourth-order valence-corrected chi connectivity index (χ4v) is 2.94. The van der Waals surface area contributed by atoms with Crippen LogP contribution >= 0.6 is 0 Å². The maximum absolute atomic E-state index is 12.3. The van der Waals surface area contributed by atoms with Gasteiger partial charge in [-0.1, -0.05) is 6.07 Å². The number of amides is 1. The molecular weight excluding hydrogens is 228 g/mol. The van der Waals surface area contributed by atoms with Gasteiger partial charge in [0, 0.05) is 24.7 Å². The van der Waals surface area contributed by atoms with Crippen molar-refractivity contribution in [2.45, 2.75) is 19.4 Å². The van der Waals surface area contributed by atoms with Crippen LogP contribution < -0.4 is 5.32 Å². The van der Waals surface area contributed by atoms with Crippen molar-refractivity contribution in [3.8, 4) is 5.75 Å². The number of nitrogens with one attached hydrogen (secondary N) is 1. The van der Waals surface area contributed by atoms with Crippen LogP contribution in [0.25, 0.3) is 0 Å². The predicted molar refractivity (Wildman–Crippen MR) is 68.6 cm³/mol. The molecule has 2 aliphatic rings. The van der Waals surface area contributed by atoms with Crippen molar-refractivity contribution in [1.82, 2.24) is 10.2 Å². The second kappa shape index (κ2) is 4.28. The van der Waals surface area contributed by atoms with Crippen LogP contribution in [-0.4, -0.2) is 41.6 Å². The monoisotopic (exact) mass is 246 g/mol. The zero-order valence-corrected chi connectivity index (χ0v) is 10.5. The molecule has 0 radical (unpaired) electrons. The summed E-state index contributed by atoms with van der Waals surface area (Å²) in [4.78, 5) is 14.2. The molecule has 1 amide bonds. The largest absolute Gasteiger partial charge is 0.508 e. The first-order valence-corrected chi connectivity index (χ1v) is 6.47. The van der Waals surface area contributed by atoms with Crippen LogP contribution in [0.2, 0.25) is 0 Å². The Bertz CT molecular complexity index is 475. The molecule has 2 aliphatic heterocycles. The Morgan fingerprint density at radius 3 is 3.00 bits per heavy atom. The van der Waals surface area contributed by atoms with Gasteiger partial charge in [-0.3, -0.25) is 4.79 Å². The molecule has 2 heterocycles. The number of phenolic OH excluding ortho intramolecular Hbond substituents is 1. The van der Waals surface area contributed by atoms with Crippen molar-refractivity contribution in [3.05, 3.63) is 29.3 Å². The fourth-order valence-electron chi connectivity index (χ4n) is 2.94. The molecule has 0 aromatic heterocycles. The van der Waals surface area contributed by atoms with Crippen LogP contribution in [0.1, 0.15) is 22.3 Å². The fraction of sp³-hybridized carbons (Fsp3) is 0.500. The van der Waals surface area contributed by atoms with Crippen molar-refractivity contribution < 1.29 is 9.90 Å². The van der Waals surface area contributed by atoms with E-state index in [0.717, 1.165) is 31.6 Å². The van der Waals surface area contributed by atoms with E-state index < -0.39 is 0 Å². The predicted octanol–water partition coefficient (Wildman–Crippen LogP) is 1.13. The minimum atomic E-state index is 0.0292. The first kappa shape index (κ1) is 11.5. The molecule has 2 saturated heterocycles. The number of likely N-dealkylation sites (tertiary alicyclic amines) is 1. The molecule has 1 aromatic carbocycles. The Morgan fingerprint density at radius 1 is 1.44 bits per heavy atom. The van der Waals surface area contributed by atoms with E-state index in [-0.39, 0.29) is 11.7 Å². The number of carbonyl (C=O) groups excluding carboxylic acids is 1. The highest BCUT2D eigenvalue weighted by atomic mass is 16.3. The number of rotatable bonds is 1. The molecule has 2 atom stereocenters. The number of benzene rings is 1. The van der Waals surface area contributed by atoms with E-state index in [1.54, 1.807) is 18.2 Å². The SMILES string of the molecule is Cc1ccc(C(=O)N2C[C@@H]3CCN[C@@H]3C2)cc1O. The van der Waals surface area contributed by atoms with Crippen molar-refractivity contribution in [3.63, 3.8) is 0 Å². The molecule has 0 saturated carbocycles. The highest BCUT2D eigenvalue weighted by molar-refractivity contribution is 5.95. The lowest BCUT2D eigenvalue weighted by atomic mass is 10.1. The van der Waals surface area contributed by atoms with Gasteiger partial charge in [0.2, 0.25) is 0 Å². The highest BCUT2D eigenvalue weighted by Gasteiger charge is 2.38. The van der Waals surface area contributed by atoms with Crippen molar-refractivity contribution in [2.24, 2.45) is 5.92 Å². The molecule has 2 N–H and O–H groups in total. The molecule has 0 spiro atoms. The van der Waals surface area contributed by atoms with Gasteiger partial charge in [0.25, 0.3) is 5.91 Å². The van der Waals surface area contributed by atoms with Gasteiger partial charge in [-0.05, 0) is 43.5 Å². The van der Waals surface area contributed by atoms with Gasteiger partial charge in [0.1, 0.15) is 5.75 Å². The van der Waals surface area contributed by atoms with E-state index in [1.807, 2.05) is 11.8 Å². The number of aryl methyl sites for hydroxylation is 1. The summed E-state index contributed by atoms with van der Waals surface area (Å²) in [6.45, 7) is 4.53. The molecule has 1 aromatic rings. The summed E-state index contributed by atoms with van der Waals surface area (Å²) in [7, 11) is 0. The number of hydrogen-bond donors (Lipinski definition) is 2. The topological polar surface area (TPSA) is 52.6 Å². The third-order valence-electron chi connectivity index (χ3n) is 4.11. The van der Waals surface area contributed by atoms with E-state index in [1.165, 1.54) is 0 Å². The summed E-state index contributed by atoms with van der Waals surface area (Å²) < 4.78 is 0. The lowest BCUT2D eigenvalue weighted by Gasteiger charge is -2.17. The standard InChI is InChI=1S/C14H18N2O2/c1-9-2-3-10(6-13(9)17)14(18)16-7-11-4-5-15-12(11)8-16/h2-3,6,11-12,15,17H,4-5,7-8H2,1H3/t11-,12+/m0/s1. The Hall–Kier alpha value is -1.55. The van der Waals surface area contributed by atoms with Crippen LogP contribution in [0, 0.1) is 12.8 Å². The lowest BCUT2D eigenvalue weighted by molar-refractivity contribution is 0.0782. The average molecular weight is 246 g/mol. The van der Waals surface area contributed by atoms with E-state index in [0.29, 0.717) is 17.5 Å². The minimum Gasteiger partial charge on any atom is -0.508 e. The van der Waals surface area contributed by atoms with E-state index in [2.05, 4.69) is 5.32 Å².